The third-order valence-electron chi connectivity index (χ3n) is 6.02. The molecule has 2 fully saturated rings. The van der Waals surface area contributed by atoms with E-state index in [1.165, 1.54) is 12.1 Å². The molecule has 6 heteroatoms. The Hall–Kier alpha value is -2.89. The number of halogens is 1. The second-order valence-corrected chi connectivity index (χ2v) is 7.67. The van der Waals surface area contributed by atoms with Crippen LogP contribution < -0.4 is 4.74 Å². The molecule has 0 saturated carbocycles. The normalized spacial score (nSPS) is 20.8. The molecule has 2 aliphatic heterocycles. The Labute approximate surface area is 170 Å². The number of fused-ring (bicyclic) bond motifs is 1. The molecule has 4 rings (SSSR count). The number of amides is 2. The van der Waals surface area contributed by atoms with Crippen LogP contribution in [0.3, 0.4) is 0 Å². The van der Waals surface area contributed by atoms with Gasteiger partial charge >= 0.3 is 0 Å². The van der Waals surface area contributed by atoms with Crippen LogP contribution in [0.1, 0.15) is 24.0 Å². The summed E-state index contributed by atoms with van der Waals surface area (Å²) in [5.41, 5.74) is 1.87. The number of ether oxygens (including phenoxy) is 1. The lowest BCUT2D eigenvalue weighted by Crippen LogP contribution is -2.41. The van der Waals surface area contributed by atoms with Crippen molar-refractivity contribution in [2.45, 2.75) is 37.8 Å². The molecule has 0 aromatic heterocycles. The van der Waals surface area contributed by atoms with Gasteiger partial charge in [-0.15, -0.1) is 0 Å². The van der Waals surface area contributed by atoms with Crippen molar-refractivity contribution in [3.8, 4) is 5.75 Å². The van der Waals surface area contributed by atoms with E-state index >= 15 is 0 Å². The summed E-state index contributed by atoms with van der Waals surface area (Å²) in [4.78, 5) is 29.2. The maximum absolute atomic E-state index is 13.1. The van der Waals surface area contributed by atoms with Crippen LogP contribution in [-0.2, 0) is 22.4 Å². The number of para-hydroxylation sites is 1. The molecule has 0 N–H and O–H groups in total. The van der Waals surface area contributed by atoms with Crippen molar-refractivity contribution in [3.05, 3.63) is 65.5 Å². The Bertz CT molecular complexity index is 899. The minimum absolute atomic E-state index is 0.00323. The Morgan fingerprint density at radius 1 is 1.14 bits per heavy atom. The molecule has 2 saturated heterocycles. The van der Waals surface area contributed by atoms with E-state index < -0.39 is 0 Å². The minimum atomic E-state index is -0.311. The van der Waals surface area contributed by atoms with Crippen molar-refractivity contribution < 1.29 is 18.7 Å². The Morgan fingerprint density at radius 3 is 2.66 bits per heavy atom. The number of nitrogens with zero attached hydrogens (tertiary/aromatic N) is 2. The fraction of sp³-hybridized carbons (Fsp3) is 0.391. The molecule has 2 aromatic rings. The molecule has 0 unspecified atom stereocenters. The smallest absolute Gasteiger partial charge is 0.227 e. The van der Waals surface area contributed by atoms with Crippen molar-refractivity contribution in [3.63, 3.8) is 0 Å². The molecule has 2 heterocycles. The van der Waals surface area contributed by atoms with Gasteiger partial charge in [0.05, 0.1) is 25.6 Å². The number of hydrogen-bond acceptors (Lipinski definition) is 3. The van der Waals surface area contributed by atoms with E-state index in [0.29, 0.717) is 19.5 Å². The summed E-state index contributed by atoms with van der Waals surface area (Å²) < 4.78 is 18.5. The van der Waals surface area contributed by atoms with Crippen LogP contribution in [0.5, 0.6) is 5.75 Å². The first-order valence-corrected chi connectivity index (χ1v) is 10.0. The molecule has 152 valence electrons. The third kappa shape index (κ3) is 3.97. The van der Waals surface area contributed by atoms with Crippen molar-refractivity contribution in [1.82, 2.24) is 9.80 Å². The highest BCUT2D eigenvalue weighted by molar-refractivity contribution is 5.84. The van der Waals surface area contributed by atoms with E-state index in [2.05, 4.69) is 0 Å². The van der Waals surface area contributed by atoms with Gasteiger partial charge in [-0.1, -0.05) is 30.3 Å². The number of methoxy groups -OCH3 is 1. The first-order valence-electron chi connectivity index (χ1n) is 10.0. The summed E-state index contributed by atoms with van der Waals surface area (Å²) in [6, 6.07) is 13.9. The molecule has 2 aliphatic rings. The van der Waals surface area contributed by atoms with E-state index in [1.54, 1.807) is 19.2 Å². The van der Waals surface area contributed by atoms with Crippen LogP contribution in [0.15, 0.2) is 48.5 Å². The molecule has 0 radical (unpaired) electrons. The average Bonchev–Trinajstić information content (AvgIpc) is 3.26. The van der Waals surface area contributed by atoms with Crippen LogP contribution in [0.2, 0.25) is 0 Å². The van der Waals surface area contributed by atoms with E-state index in [1.807, 2.05) is 34.1 Å². The Kier molecular flexibility index (Phi) is 5.51. The van der Waals surface area contributed by atoms with Gasteiger partial charge in [0, 0.05) is 19.5 Å². The number of hydrogen-bond donors (Lipinski definition) is 0. The lowest BCUT2D eigenvalue weighted by atomic mass is 10.1. The topological polar surface area (TPSA) is 49.9 Å². The van der Waals surface area contributed by atoms with Gasteiger partial charge in [-0.25, -0.2) is 4.39 Å². The number of rotatable bonds is 6. The van der Waals surface area contributed by atoms with Gasteiger partial charge < -0.3 is 14.5 Å². The predicted molar refractivity (Wildman–Crippen MR) is 107 cm³/mol. The predicted octanol–water partition coefficient (Wildman–Crippen LogP) is 2.82. The van der Waals surface area contributed by atoms with Crippen molar-refractivity contribution in [2.24, 2.45) is 0 Å². The standard InChI is InChI=1S/C23H25FN2O3/c1-29-21-5-3-2-4-17(21)10-12-25-19-11-13-26(20(19)15-23(25)28)22(27)14-16-6-8-18(24)9-7-16/h2-9,19-20H,10-15H2,1H3/t19-,20-/m0/s1. The Balaban J connectivity index is 1.40. The van der Waals surface area contributed by atoms with Gasteiger partial charge in [0.25, 0.3) is 0 Å². The Morgan fingerprint density at radius 2 is 1.90 bits per heavy atom. The van der Waals surface area contributed by atoms with Crippen LogP contribution >= 0.6 is 0 Å². The molecule has 2 atom stereocenters. The summed E-state index contributed by atoms with van der Waals surface area (Å²) >= 11 is 0. The van der Waals surface area contributed by atoms with Gasteiger partial charge in [-0.2, -0.15) is 0 Å². The second-order valence-electron chi connectivity index (χ2n) is 7.67. The van der Waals surface area contributed by atoms with Gasteiger partial charge in [-0.3, -0.25) is 9.59 Å². The van der Waals surface area contributed by atoms with Gasteiger partial charge in [-0.05, 0) is 42.2 Å². The van der Waals surface area contributed by atoms with E-state index in [-0.39, 0.29) is 36.1 Å². The van der Waals surface area contributed by atoms with Crippen molar-refractivity contribution in [1.29, 1.82) is 0 Å². The summed E-state index contributed by atoms with van der Waals surface area (Å²) in [5, 5.41) is 0. The van der Waals surface area contributed by atoms with Gasteiger partial charge in [0.2, 0.25) is 11.8 Å². The van der Waals surface area contributed by atoms with Gasteiger partial charge in [0.1, 0.15) is 11.6 Å². The maximum Gasteiger partial charge on any atom is 0.227 e. The zero-order chi connectivity index (χ0) is 20.4. The molecule has 2 amide bonds. The highest BCUT2D eigenvalue weighted by Gasteiger charge is 2.47. The quantitative estimate of drug-likeness (QED) is 0.755. The van der Waals surface area contributed by atoms with E-state index in [0.717, 1.165) is 29.7 Å². The highest BCUT2D eigenvalue weighted by Crippen LogP contribution is 2.33. The molecular weight excluding hydrogens is 371 g/mol. The average molecular weight is 396 g/mol. The van der Waals surface area contributed by atoms with E-state index in [4.69, 9.17) is 4.74 Å². The number of benzene rings is 2. The molecule has 5 nitrogen and oxygen atoms in total. The summed E-state index contributed by atoms with van der Waals surface area (Å²) in [5.74, 6) is 0.630. The molecule has 0 aliphatic carbocycles. The van der Waals surface area contributed by atoms with Crippen molar-refractivity contribution in [2.75, 3.05) is 20.2 Å². The largest absolute Gasteiger partial charge is 0.496 e. The molecule has 0 spiro atoms. The first-order chi connectivity index (χ1) is 14.1. The van der Waals surface area contributed by atoms with Gasteiger partial charge in [0.15, 0.2) is 0 Å². The highest BCUT2D eigenvalue weighted by atomic mass is 19.1. The fourth-order valence-corrected chi connectivity index (χ4v) is 4.56. The molecule has 2 aromatic carbocycles. The zero-order valence-electron chi connectivity index (χ0n) is 16.5. The monoisotopic (exact) mass is 396 g/mol. The molecular formula is C23H25FN2O3. The third-order valence-corrected chi connectivity index (χ3v) is 6.02. The van der Waals surface area contributed by atoms with Crippen LogP contribution in [-0.4, -0.2) is 53.9 Å². The SMILES string of the molecule is COc1ccccc1CCN1C(=O)C[C@H]2[C@@H]1CCN2C(=O)Cc1ccc(F)cc1. The second kappa shape index (κ2) is 8.23. The summed E-state index contributed by atoms with van der Waals surface area (Å²) in [6.07, 6.45) is 2.14. The lowest BCUT2D eigenvalue weighted by Gasteiger charge is -2.25. The fourth-order valence-electron chi connectivity index (χ4n) is 4.56. The lowest BCUT2D eigenvalue weighted by molar-refractivity contribution is -0.131. The summed E-state index contributed by atoms with van der Waals surface area (Å²) in [6.45, 7) is 1.29. The van der Waals surface area contributed by atoms with Crippen molar-refractivity contribution >= 4 is 11.8 Å². The van der Waals surface area contributed by atoms with Crippen LogP contribution in [0.25, 0.3) is 0 Å². The molecule has 29 heavy (non-hydrogen) atoms. The maximum atomic E-state index is 13.1. The number of likely N-dealkylation sites (tertiary alicyclic amines) is 2. The van der Waals surface area contributed by atoms with Crippen LogP contribution in [0, 0.1) is 5.82 Å². The van der Waals surface area contributed by atoms with Crippen LogP contribution in [0.4, 0.5) is 4.39 Å². The number of carbonyl (C=O) groups excluding carboxylic acids is 2. The number of carbonyl (C=O) groups is 2. The zero-order valence-corrected chi connectivity index (χ0v) is 16.5. The minimum Gasteiger partial charge on any atom is -0.496 e. The van der Waals surface area contributed by atoms with E-state index in [9.17, 15) is 14.0 Å². The molecule has 0 bridgehead atoms. The summed E-state index contributed by atoms with van der Waals surface area (Å²) in [7, 11) is 1.65. The first kappa shape index (κ1) is 19.4.